The van der Waals surface area contributed by atoms with Gasteiger partial charge in [0.1, 0.15) is 0 Å². The maximum Gasteiger partial charge on any atom is 0.226 e. The molecule has 4 heteroatoms. The Bertz CT molecular complexity index is 466. The monoisotopic (exact) mass is 306 g/mol. The van der Waals surface area contributed by atoms with Crippen LogP contribution in [0.5, 0.6) is 0 Å². The minimum Gasteiger partial charge on any atom is -0.128 e. The van der Waals surface area contributed by atoms with Gasteiger partial charge in [0.2, 0.25) is 24.2 Å². The van der Waals surface area contributed by atoms with Crippen LogP contribution < -0.4 is 0 Å². The lowest BCUT2D eigenvalue weighted by Crippen LogP contribution is -2.33. The van der Waals surface area contributed by atoms with E-state index in [1.165, 1.54) is 0 Å². The topological polar surface area (TPSA) is 0 Å². The standard InChI is InChI=1S/C14H19ClSi3/c1-8-16(3,4)10-12-18(7,14-15)13-11-17(5,6)9-2/h1-2H,14H2,3-7H3. The van der Waals surface area contributed by atoms with Crippen LogP contribution in [0.4, 0.5) is 0 Å². The van der Waals surface area contributed by atoms with Crippen LogP contribution in [0.3, 0.4) is 0 Å². The van der Waals surface area contributed by atoms with Gasteiger partial charge in [0.05, 0.1) is 0 Å². The lowest BCUT2D eigenvalue weighted by molar-refractivity contribution is 1.85. The molecular weight excluding hydrogens is 288 g/mol. The SMILES string of the molecule is C#C[Si](C)(C)C#C[Si](C)(C#C[Si](C)(C)C#C)CCl. The molecule has 0 spiro atoms. The highest BCUT2D eigenvalue weighted by atomic mass is 35.5. The summed E-state index contributed by atoms with van der Waals surface area (Å²) in [6.07, 6.45) is 11.0. The van der Waals surface area contributed by atoms with Crippen molar-refractivity contribution < 1.29 is 0 Å². The minimum absolute atomic E-state index is 0.497. The first-order valence-electron chi connectivity index (χ1n) is 5.70. The summed E-state index contributed by atoms with van der Waals surface area (Å²) in [5, 5.41) is 0. The van der Waals surface area contributed by atoms with E-state index in [9.17, 15) is 0 Å². The highest BCUT2D eigenvalue weighted by Gasteiger charge is 2.24. The number of alkyl halides is 1. The Labute approximate surface area is 120 Å². The van der Waals surface area contributed by atoms with Crippen LogP contribution in [0.2, 0.25) is 32.7 Å². The van der Waals surface area contributed by atoms with Crippen molar-refractivity contribution in [2.24, 2.45) is 0 Å². The van der Waals surface area contributed by atoms with E-state index in [1.807, 2.05) is 0 Å². The Balaban J connectivity index is 5.33. The zero-order valence-electron chi connectivity index (χ0n) is 11.7. The molecule has 0 bridgehead atoms. The first-order valence-corrected chi connectivity index (χ1v) is 14.9. The molecular formula is C14H19ClSi3. The molecule has 0 heterocycles. The average Bonchev–Trinajstić information content (AvgIpc) is 2.34. The average molecular weight is 307 g/mol. The quantitative estimate of drug-likeness (QED) is 0.397. The zero-order chi connectivity index (χ0) is 14.4. The number of halogens is 1. The van der Waals surface area contributed by atoms with Gasteiger partial charge in [-0.3, -0.25) is 0 Å². The Morgan fingerprint density at radius 3 is 1.33 bits per heavy atom. The van der Waals surface area contributed by atoms with E-state index in [0.717, 1.165) is 0 Å². The maximum absolute atomic E-state index is 6.04. The first kappa shape index (κ1) is 17.2. The van der Waals surface area contributed by atoms with Crippen LogP contribution in [0.15, 0.2) is 0 Å². The van der Waals surface area contributed by atoms with E-state index in [4.69, 9.17) is 24.4 Å². The van der Waals surface area contributed by atoms with E-state index in [0.29, 0.717) is 5.50 Å². The Morgan fingerprint density at radius 2 is 1.11 bits per heavy atom. The molecule has 0 saturated heterocycles. The third kappa shape index (κ3) is 6.20. The van der Waals surface area contributed by atoms with Gasteiger partial charge in [-0.25, -0.2) is 0 Å². The maximum atomic E-state index is 6.04. The summed E-state index contributed by atoms with van der Waals surface area (Å²) in [5.74, 6) is 0. The van der Waals surface area contributed by atoms with Crippen molar-refractivity contribution in [2.75, 3.05) is 5.50 Å². The van der Waals surface area contributed by atoms with Gasteiger partial charge in [-0.05, 0) is 32.7 Å². The normalized spacial score (nSPS) is 11.1. The van der Waals surface area contributed by atoms with Crippen molar-refractivity contribution in [3.8, 4) is 46.1 Å². The third-order valence-corrected chi connectivity index (χ3v) is 9.23. The fraction of sp³-hybridized carbons (Fsp3) is 0.429. The molecule has 0 atom stereocenters. The summed E-state index contributed by atoms with van der Waals surface area (Å²) in [6, 6.07) is 0. The fourth-order valence-corrected chi connectivity index (χ4v) is 6.21. The molecule has 94 valence electrons. The summed E-state index contributed by atoms with van der Waals surface area (Å²) in [6.45, 7) is 10.3. The second-order valence-electron chi connectivity index (χ2n) is 5.50. The van der Waals surface area contributed by atoms with Crippen LogP contribution in [0.1, 0.15) is 0 Å². The first-order chi connectivity index (χ1) is 8.10. The molecule has 0 nitrogen and oxygen atoms in total. The highest BCUT2D eigenvalue weighted by Crippen LogP contribution is 2.06. The molecule has 0 unspecified atom stereocenters. The van der Waals surface area contributed by atoms with Gasteiger partial charge in [-0.15, -0.1) is 57.7 Å². The van der Waals surface area contributed by atoms with Gasteiger partial charge >= 0.3 is 0 Å². The molecule has 0 saturated carbocycles. The van der Waals surface area contributed by atoms with Crippen LogP contribution in [0.25, 0.3) is 0 Å². The van der Waals surface area contributed by atoms with E-state index < -0.39 is 24.2 Å². The fourth-order valence-electron chi connectivity index (χ4n) is 0.759. The van der Waals surface area contributed by atoms with Crippen molar-refractivity contribution in [1.82, 2.24) is 0 Å². The molecule has 0 amide bonds. The summed E-state index contributed by atoms with van der Waals surface area (Å²) in [5.41, 5.74) is 19.2. The molecule has 0 radical (unpaired) electrons. The molecule has 0 aromatic rings. The van der Waals surface area contributed by atoms with Crippen LogP contribution in [0, 0.1) is 46.1 Å². The van der Waals surface area contributed by atoms with E-state index in [-0.39, 0.29) is 0 Å². The summed E-state index contributed by atoms with van der Waals surface area (Å²) < 4.78 is 0. The van der Waals surface area contributed by atoms with Crippen LogP contribution >= 0.6 is 11.6 Å². The van der Waals surface area contributed by atoms with Crippen molar-refractivity contribution >= 4 is 35.8 Å². The molecule has 0 rings (SSSR count). The molecule has 0 aromatic heterocycles. The number of rotatable bonds is 1. The molecule has 18 heavy (non-hydrogen) atoms. The predicted octanol–water partition coefficient (Wildman–Crippen LogP) is 2.77. The second kappa shape index (κ2) is 6.38. The van der Waals surface area contributed by atoms with Crippen LogP contribution in [-0.4, -0.2) is 29.7 Å². The lowest BCUT2D eigenvalue weighted by Gasteiger charge is -2.12. The summed E-state index contributed by atoms with van der Waals surface area (Å²) in [7, 11) is -5.74. The van der Waals surface area contributed by atoms with Crippen molar-refractivity contribution in [3.05, 3.63) is 0 Å². The Morgan fingerprint density at radius 1 is 0.778 bits per heavy atom. The molecule has 0 fully saturated rings. The predicted molar refractivity (Wildman–Crippen MR) is 90.5 cm³/mol. The molecule has 0 aliphatic carbocycles. The summed E-state index contributed by atoms with van der Waals surface area (Å²) >= 11 is 6.04. The second-order valence-corrected chi connectivity index (χ2v) is 17.3. The molecule has 0 aliphatic rings. The zero-order valence-corrected chi connectivity index (χ0v) is 15.5. The molecule has 0 aliphatic heterocycles. The van der Waals surface area contributed by atoms with Crippen molar-refractivity contribution in [1.29, 1.82) is 0 Å². The minimum atomic E-state index is -2.05. The summed E-state index contributed by atoms with van der Waals surface area (Å²) in [4.78, 5) is 0. The van der Waals surface area contributed by atoms with Gasteiger partial charge in [0.25, 0.3) is 0 Å². The third-order valence-electron chi connectivity index (χ3n) is 2.29. The molecule has 0 aromatic carbocycles. The van der Waals surface area contributed by atoms with Gasteiger partial charge in [0.15, 0.2) is 0 Å². The Kier molecular flexibility index (Phi) is 6.09. The number of terminal acetylenes is 2. The van der Waals surface area contributed by atoms with E-state index in [2.05, 4.69) is 66.0 Å². The van der Waals surface area contributed by atoms with Gasteiger partial charge in [-0.2, -0.15) is 0 Å². The lowest BCUT2D eigenvalue weighted by atomic mass is 11.3. The smallest absolute Gasteiger partial charge is 0.128 e. The van der Waals surface area contributed by atoms with Crippen molar-refractivity contribution in [3.63, 3.8) is 0 Å². The number of hydrogen-bond donors (Lipinski definition) is 0. The van der Waals surface area contributed by atoms with E-state index in [1.54, 1.807) is 0 Å². The highest BCUT2D eigenvalue weighted by molar-refractivity contribution is 7.01. The largest absolute Gasteiger partial charge is 0.226 e. The van der Waals surface area contributed by atoms with Crippen LogP contribution in [-0.2, 0) is 0 Å². The Hall–Kier alpha value is -0.819. The van der Waals surface area contributed by atoms with Gasteiger partial charge in [-0.1, -0.05) is 0 Å². The number of hydrogen-bond acceptors (Lipinski definition) is 0. The van der Waals surface area contributed by atoms with Crippen molar-refractivity contribution in [2.45, 2.75) is 32.7 Å². The van der Waals surface area contributed by atoms with Gasteiger partial charge in [0, 0.05) is 5.50 Å². The molecule has 0 N–H and O–H groups in total. The van der Waals surface area contributed by atoms with E-state index >= 15 is 0 Å². The van der Waals surface area contributed by atoms with Gasteiger partial charge < -0.3 is 0 Å².